The molecule has 1 N–H and O–H groups in total. The van der Waals surface area contributed by atoms with E-state index >= 15 is 0 Å². The third-order valence-corrected chi connectivity index (χ3v) is 3.95. The molecule has 6 heteroatoms. The van der Waals surface area contributed by atoms with E-state index < -0.39 is 5.97 Å². The molecule has 1 aliphatic heterocycles. The van der Waals surface area contributed by atoms with Gasteiger partial charge in [0.05, 0.1) is 0 Å². The highest BCUT2D eigenvalue weighted by Gasteiger charge is 2.24. The normalized spacial score (nSPS) is 18.4. The summed E-state index contributed by atoms with van der Waals surface area (Å²) in [5.41, 5.74) is 2.37. The van der Waals surface area contributed by atoms with Gasteiger partial charge in [-0.2, -0.15) is 5.10 Å². The number of aromatic nitrogens is 3. The molecular weight excluding hydrogens is 294 g/mol. The number of carbonyl (C=O) groups is 1. The molecule has 0 amide bonds. The lowest BCUT2D eigenvalue weighted by atomic mass is 10.1. The number of pyridine rings is 1. The Hall–Kier alpha value is -2.47. The maximum absolute atomic E-state index is 11.5. The van der Waals surface area contributed by atoms with Crippen molar-refractivity contribution >= 4 is 18.1 Å². The third-order valence-electron chi connectivity index (χ3n) is 3.95. The SMILES string of the molecule is Cc1c(/C=C/c2cccnc2)c(C(=O)O)nn1C1CCCCO1. The van der Waals surface area contributed by atoms with Crippen molar-refractivity contribution < 1.29 is 14.6 Å². The first kappa shape index (κ1) is 15.4. The summed E-state index contributed by atoms with van der Waals surface area (Å²) in [6, 6.07) is 3.75. The van der Waals surface area contributed by atoms with E-state index in [4.69, 9.17) is 4.74 Å². The zero-order chi connectivity index (χ0) is 16.2. The van der Waals surface area contributed by atoms with Crippen LogP contribution in [0.15, 0.2) is 24.5 Å². The predicted octanol–water partition coefficient (Wildman–Crippen LogP) is 3.15. The molecule has 2 aromatic rings. The Labute approximate surface area is 134 Å². The first-order chi connectivity index (χ1) is 11.2. The van der Waals surface area contributed by atoms with Crippen molar-refractivity contribution in [2.45, 2.75) is 32.4 Å². The Morgan fingerprint density at radius 2 is 2.30 bits per heavy atom. The van der Waals surface area contributed by atoms with Crippen LogP contribution in [0.5, 0.6) is 0 Å². The number of aromatic carboxylic acids is 1. The molecule has 0 spiro atoms. The molecule has 1 fully saturated rings. The molecule has 2 aromatic heterocycles. The smallest absolute Gasteiger partial charge is 0.357 e. The molecular formula is C17H19N3O3. The molecule has 3 rings (SSSR count). The Morgan fingerprint density at radius 3 is 2.96 bits per heavy atom. The van der Waals surface area contributed by atoms with Gasteiger partial charge in [0.1, 0.15) is 6.23 Å². The first-order valence-corrected chi connectivity index (χ1v) is 7.69. The number of hydrogen-bond donors (Lipinski definition) is 1. The van der Waals surface area contributed by atoms with Crippen LogP contribution in [0.2, 0.25) is 0 Å². The zero-order valence-electron chi connectivity index (χ0n) is 13.0. The van der Waals surface area contributed by atoms with Crippen LogP contribution >= 0.6 is 0 Å². The highest BCUT2D eigenvalue weighted by atomic mass is 16.5. The van der Waals surface area contributed by atoms with Gasteiger partial charge in [0, 0.05) is 30.3 Å². The molecule has 6 nitrogen and oxygen atoms in total. The molecule has 0 bridgehead atoms. The minimum atomic E-state index is -1.03. The van der Waals surface area contributed by atoms with Crippen molar-refractivity contribution in [1.82, 2.24) is 14.8 Å². The average molecular weight is 313 g/mol. The van der Waals surface area contributed by atoms with Gasteiger partial charge in [0.25, 0.3) is 0 Å². The van der Waals surface area contributed by atoms with E-state index in [9.17, 15) is 9.90 Å². The van der Waals surface area contributed by atoms with Gasteiger partial charge in [0.2, 0.25) is 0 Å². The van der Waals surface area contributed by atoms with E-state index in [2.05, 4.69) is 10.1 Å². The minimum Gasteiger partial charge on any atom is -0.476 e. The van der Waals surface area contributed by atoms with Gasteiger partial charge in [-0.3, -0.25) is 4.98 Å². The summed E-state index contributed by atoms with van der Waals surface area (Å²) in [6.45, 7) is 2.56. The maximum atomic E-state index is 11.5. The second-order valence-corrected chi connectivity index (χ2v) is 5.54. The number of carboxylic acid groups (broad SMARTS) is 1. The molecule has 0 aromatic carbocycles. The molecule has 1 saturated heterocycles. The van der Waals surface area contributed by atoms with E-state index in [1.165, 1.54) is 0 Å². The van der Waals surface area contributed by atoms with Gasteiger partial charge in [-0.1, -0.05) is 18.2 Å². The number of ether oxygens (including phenoxy) is 1. The van der Waals surface area contributed by atoms with Crippen molar-refractivity contribution in [3.05, 3.63) is 47.0 Å². The largest absolute Gasteiger partial charge is 0.476 e. The predicted molar refractivity (Wildman–Crippen MR) is 85.9 cm³/mol. The van der Waals surface area contributed by atoms with Crippen molar-refractivity contribution in [2.24, 2.45) is 0 Å². The molecule has 0 aliphatic carbocycles. The lowest BCUT2D eigenvalue weighted by Gasteiger charge is -2.23. The minimum absolute atomic E-state index is 0.0526. The Morgan fingerprint density at radius 1 is 1.43 bits per heavy atom. The molecule has 1 unspecified atom stereocenters. The zero-order valence-corrected chi connectivity index (χ0v) is 13.0. The quantitative estimate of drug-likeness (QED) is 0.938. The van der Waals surface area contributed by atoms with Gasteiger partial charge in [-0.05, 0) is 37.8 Å². The molecule has 0 saturated carbocycles. The standard InChI is InChI=1S/C17H19N3O3/c1-12-14(8-7-13-5-4-9-18-11-13)16(17(21)22)19-20(12)15-6-2-3-10-23-15/h4-5,7-9,11,15H,2-3,6,10H2,1H3,(H,21,22)/b8-7+. The van der Waals surface area contributed by atoms with Gasteiger partial charge in [-0.25, -0.2) is 9.48 Å². The van der Waals surface area contributed by atoms with Gasteiger partial charge >= 0.3 is 5.97 Å². The summed E-state index contributed by atoms with van der Waals surface area (Å²) in [5.74, 6) is -1.03. The van der Waals surface area contributed by atoms with E-state index in [0.29, 0.717) is 12.2 Å². The highest BCUT2D eigenvalue weighted by molar-refractivity contribution is 5.92. The van der Waals surface area contributed by atoms with E-state index in [1.54, 1.807) is 23.2 Å². The maximum Gasteiger partial charge on any atom is 0.357 e. The van der Waals surface area contributed by atoms with Crippen LogP contribution in [0.4, 0.5) is 0 Å². The van der Waals surface area contributed by atoms with E-state index in [-0.39, 0.29) is 11.9 Å². The molecule has 3 heterocycles. The lowest BCUT2D eigenvalue weighted by molar-refractivity contribution is -0.0408. The highest BCUT2D eigenvalue weighted by Crippen LogP contribution is 2.27. The molecule has 1 aliphatic rings. The second kappa shape index (κ2) is 6.75. The summed E-state index contributed by atoms with van der Waals surface area (Å²) >= 11 is 0. The van der Waals surface area contributed by atoms with E-state index in [1.807, 2.05) is 25.1 Å². The average Bonchev–Trinajstić information content (AvgIpc) is 2.92. The van der Waals surface area contributed by atoms with Crippen molar-refractivity contribution in [2.75, 3.05) is 6.61 Å². The van der Waals surface area contributed by atoms with Crippen LogP contribution in [0.1, 0.15) is 52.8 Å². The second-order valence-electron chi connectivity index (χ2n) is 5.54. The third kappa shape index (κ3) is 3.32. The van der Waals surface area contributed by atoms with Crippen LogP contribution in [0.3, 0.4) is 0 Å². The van der Waals surface area contributed by atoms with Crippen LogP contribution in [0.25, 0.3) is 12.2 Å². The summed E-state index contributed by atoms with van der Waals surface area (Å²) < 4.78 is 7.43. The van der Waals surface area contributed by atoms with Crippen LogP contribution in [0, 0.1) is 6.92 Å². The lowest BCUT2D eigenvalue weighted by Crippen LogP contribution is -2.20. The molecule has 0 radical (unpaired) electrons. The molecule has 120 valence electrons. The fourth-order valence-electron chi connectivity index (χ4n) is 2.74. The van der Waals surface area contributed by atoms with Gasteiger partial charge in [-0.15, -0.1) is 0 Å². The molecule has 23 heavy (non-hydrogen) atoms. The Balaban J connectivity index is 1.96. The number of carboxylic acids is 1. The number of nitrogens with zero attached hydrogens (tertiary/aromatic N) is 3. The van der Waals surface area contributed by atoms with Crippen LogP contribution in [-0.4, -0.2) is 32.4 Å². The monoisotopic (exact) mass is 313 g/mol. The number of hydrogen-bond acceptors (Lipinski definition) is 4. The Bertz CT molecular complexity index is 716. The molecule has 1 atom stereocenters. The summed E-state index contributed by atoms with van der Waals surface area (Å²) in [6.07, 6.45) is 9.82. The van der Waals surface area contributed by atoms with Crippen molar-refractivity contribution in [1.29, 1.82) is 0 Å². The topological polar surface area (TPSA) is 77.2 Å². The fraction of sp³-hybridized carbons (Fsp3) is 0.353. The van der Waals surface area contributed by atoms with Crippen molar-refractivity contribution in [3.8, 4) is 0 Å². The summed E-state index contributed by atoms with van der Waals surface area (Å²) in [4.78, 5) is 15.6. The van der Waals surface area contributed by atoms with Crippen LogP contribution < -0.4 is 0 Å². The fourth-order valence-corrected chi connectivity index (χ4v) is 2.74. The summed E-state index contributed by atoms with van der Waals surface area (Å²) in [7, 11) is 0. The summed E-state index contributed by atoms with van der Waals surface area (Å²) in [5, 5.41) is 13.7. The van der Waals surface area contributed by atoms with Gasteiger partial charge < -0.3 is 9.84 Å². The van der Waals surface area contributed by atoms with Crippen molar-refractivity contribution in [3.63, 3.8) is 0 Å². The van der Waals surface area contributed by atoms with Gasteiger partial charge in [0.15, 0.2) is 5.69 Å². The van der Waals surface area contributed by atoms with Crippen LogP contribution in [-0.2, 0) is 4.74 Å². The first-order valence-electron chi connectivity index (χ1n) is 7.69. The Kier molecular flexibility index (Phi) is 4.52. The van der Waals surface area contributed by atoms with E-state index in [0.717, 1.165) is 30.5 Å². The number of rotatable bonds is 4.